The van der Waals surface area contributed by atoms with Crippen LogP contribution in [0.25, 0.3) is 0 Å². The van der Waals surface area contributed by atoms with E-state index in [0.717, 1.165) is 18.4 Å². The van der Waals surface area contributed by atoms with Crippen molar-refractivity contribution in [2.75, 3.05) is 25.6 Å². The Bertz CT molecular complexity index is 1300. The molecule has 1 aromatic carbocycles. The van der Waals surface area contributed by atoms with Crippen molar-refractivity contribution >= 4 is 28.1 Å². The third-order valence-corrected chi connectivity index (χ3v) is 8.48. The average Bonchev–Trinajstić information content (AvgIpc) is 3.37. The number of nitriles is 1. The van der Waals surface area contributed by atoms with Gasteiger partial charge in [0, 0.05) is 63.1 Å². The zero-order valence-electron chi connectivity index (χ0n) is 23.3. The molecule has 1 aliphatic heterocycles. The van der Waals surface area contributed by atoms with Crippen molar-refractivity contribution in [3.8, 4) is 6.19 Å². The van der Waals surface area contributed by atoms with Crippen LogP contribution in [0.4, 0.5) is 33.9 Å². The molecule has 2 heterocycles. The summed E-state index contributed by atoms with van der Waals surface area (Å²) in [6.07, 6.45) is 5.71. The predicted molar refractivity (Wildman–Crippen MR) is 146 cm³/mol. The van der Waals surface area contributed by atoms with Crippen LogP contribution in [0.1, 0.15) is 43.7 Å². The van der Waals surface area contributed by atoms with Crippen LogP contribution < -0.4 is 10.2 Å². The Kier molecular flexibility index (Phi) is 9.62. The lowest BCUT2D eigenvalue weighted by molar-refractivity contribution is -0.124. The molecule has 1 amide bonds. The van der Waals surface area contributed by atoms with E-state index in [9.17, 15) is 37.8 Å². The van der Waals surface area contributed by atoms with Gasteiger partial charge in [-0.1, -0.05) is 25.5 Å². The summed E-state index contributed by atoms with van der Waals surface area (Å²) >= 11 is 0. The van der Waals surface area contributed by atoms with E-state index in [4.69, 9.17) is 10.00 Å². The van der Waals surface area contributed by atoms with Crippen LogP contribution in [0.15, 0.2) is 53.7 Å². The molecule has 0 spiro atoms. The summed E-state index contributed by atoms with van der Waals surface area (Å²) in [5, 5.41) is 11.3. The molecule has 16 heteroatoms. The molecule has 8 nitrogen and oxygen atoms in total. The fourth-order valence-corrected chi connectivity index (χ4v) is 5.53. The lowest BCUT2D eigenvalue weighted by atomic mass is 9.92. The number of carbonyl (C=O) groups excluding carboxylic acids is 2. The number of aldehydes is 1. The normalized spacial score (nSPS) is 22.6. The second kappa shape index (κ2) is 12.2. The lowest BCUT2D eigenvalue weighted by Gasteiger charge is -2.40. The van der Waals surface area contributed by atoms with Gasteiger partial charge in [-0.25, -0.2) is 8.78 Å². The number of nitrogens with zero attached hydrogens (tertiary/aromatic N) is 4. The third-order valence-electron chi connectivity index (χ3n) is 7.31. The second-order valence-electron chi connectivity index (χ2n) is 10.5. The fourth-order valence-electron chi connectivity index (χ4n) is 4.88. The Morgan fingerprint density at radius 1 is 1.19 bits per heavy atom. The number of hydrogen-bond donors (Lipinski definition) is 1. The number of hydrogen-bond acceptors (Lipinski definition) is 7. The van der Waals surface area contributed by atoms with Crippen LogP contribution in [0.2, 0.25) is 0 Å². The van der Waals surface area contributed by atoms with Crippen molar-refractivity contribution in [1.82, 2.24) is 15.2 Å². The summed E-state index contributed by atoms with van der Waals surface area (Å²) in [7, 11) is -6.82. The topological polar surface area (TPSA) is 98.6 Å². The Morgan fingerprint density at radius 2 is 1.81 bits per heavy atom. The first-order valence-corrected chi connectivity index (χ1v) is 15.1. The highest BCUT2D eigenvalue weighted by Gasteiger charge is 2.65. The van der Waals surface area contributed by atoms with Crippen LogP contribution in [0, 0.1) is 11.5 Å². The van der Waals surface area contributed by atoms with Crippen molar-refractivity contribution in [2.45, 2.75) is 67.2 Å². The number of likely N-dealkylation sites (tertiary alicyclic amines) is 1. The van der Waals surface area contributed by atoms with Crippen molar-refractivity contribution in [1.29, 1.82) is 5.26 Å². The maximum atomic E-state index is 13.4. The number of anilines is 1. The van der Waals surface area contributed by atoms with Crippen LogP contribution in [0.3, 0.4) is 0 Å². The molecular formula is C27H32F7N5O3S. The van der Waals surface area contributed by atoms with E-state index in [1.165, 1.54) is 29.2 Å². The quantitative estimate of drug-likeness (QED) is 0.204. The largest absolute Gasteiger partial charge is 0.379 e. The summed E-state index contributed by atoms with van der Waals surface area (Å²) in [6, 6.07) is 3.56. The van der Waals surface area contributed by atoms with Crippen LogP contribution in [-0.2, 0) is 14.3 Å². The summed E-state index contributed by atoms with van der Waals surface area (Å²) < 4.78 is 96.9. The van der Waals surface area contributed by atoms with E-state index < -0.39 is 39.0 Å². The van der Waals surface area contributed by atoms with Crippen molar-refractivity contribution in [2.24, 2.45) is 0 Å². The maximum Gasteiger partial charge on any atom is 0.310 e. The maximum absolute atomic E-state index is 13.4. The number of ether oxygens (including phenoxy) is 1. The van der Waals surface area contributed by atoms with Crippen molar-refractivity contribution < 1.29 is 42.5 Å². The van der Waals surface area contributed by atoms with Crippen molar-refractivity contribution in [3.05, 3.63) is 54.4 Å². The zero-order valence-corrected chi connectivity index (χ0v) is 24.1. The number of methoxy groups -OCH3 is 1. The van der Waals surface area contributed by atoms with Gasteiger partial charge < -0.3 is 19.7 Å². The minimum Gasteiger partial charge on any atom is -0.379 e. The molecule has 1 aliphatic carbocycles. The molecule has 1 saturated heterocycles. The smallest absolute Gasteiger partial charge is 0.310 e. The first-order valence-electron chi connectivity index (χ1n) is 13.2. The van der Waals surface area contributed by atoms with Gasteiger partial charge in [0.15, 0.2) is 6.19 Å². The van der Waals surface area contributed by atoms with Gasteiger partial charge in [-0.3, -0.25) is 14.7 Å². The van der Waals surface area contributed by atoms with Gasteiger partial charge in [0.05, 0.1) is 18.7 Å². The highest BCUT2D eigenvalue weighted by Crippen LogP contribution is 3.02. The van der Waals surface area contributed by atoms with Gasteiger partial charge in [0.2, 0.25) is 11.8 Å². The number of amides is 1. The van der Waals surface area contributed by atoms with Gasteiger partial charge in [-0.2, -0.15) is 5.26 Å². The molecule has 1 aromatic heterocycles. The van der Waals surface area contributed by atoms with Gasteiger partial charge in [-0.05, 0) is 43.2 Å². The van der Waals surface area contributed by atoms with Crippen LogP contribution in [-0.4, -0.2) is 66.9 Å². The monoisotopic (exact) mass is 639 g/mol. The lowest BCUT2D eigenvalue weighted by Crippen LogP contribution is -2.46. The SMILES string of the molecule is CN(c1ccc(S(F)(F)(F)(F)F)cc1)C(C(=O)NC1CCC(F)(F)CC1)c1cccnc1.COC1CC(C=O)N(C#N)C1. The predicted octanol–water partition coefficient (Wildman–Crippen LogP) is 6.37. The molecule has 3 unspecified atom stereocenters. The fraction of sp³-hybridized carbons (Fsp3) is 0.481. The molecule has 2 aromatic rings. The number of likely N-dealkylation sites (N-methyl/N-ethyl adjacent to an activating group) is 1. The van der Waals surface area contributed by atoms with E-state index >= 15 is 0 Å². The number of benzene rings is 1. The molecule has 238 valence electrons. The summed E-state index contributed by atoms with van der Waals surface area (Å²) in [5.41, 5.74) is 0.472. The Balaban J connectivity index is 0.000000386. The summed E-state index contributed by atoms with van der Waals surface area (Å²) in [6.45, 7) is 0.538. The molecule has 0 bridgehead atoms. The molecule has 1 saturated carbocycles. The Morgan fingerprint density at radius 3 is 2.28 bits per heavy atom. The van der Waals surface area contributed by atoms with Gasteiger partial charge in [0.1, 0.15) is 17.2 Å². The molecular weight excluding hydrogens is 607 g/mol. The molecule has 0 radical (unpaired) electrons. The highest BCUT2D eigenvalue weighted by atomic mass is 32.5. The Labute approximate surface area is 244 Å². The minimum atomic E-state index is -9.83. The van der Waals surface area contributed by atoms with E-state index in [-0.39, 0.29) is 55.6 Å². The number of aromatic nitrogens is 1. The van der Waals surface area contributed by atoms with Gasteiger partial charge >= 0.3 is 10.2 Å². The molecule has 2 fully saturated rings. The Hall–Kier alpha value is -3.58. The number of carbonyl (C=O) groups is 2. The second-order valence-corrected chi connectivity index (χ2v) is 12.9. The van der Waals surface area contributed by atoms with E-state index in [1.807, 2.05) is 6.19 Å². The molecule has 43 heavy (non-hydrogen) atoms. The number of halogens is 7. The first kappa shape index (κ1) is 33.9. The molecule has 3 atom stereocenters. The molecule has 4 rings (SSSR count). The average molecular weight is 640 g/mol. The number of rotatable bonds is 8. The van der Waals surface area contributed by atoms with Gasteiger partial charge in [0.25, 0.3) is 0 Å². The van der Waals surface area contributed by atoms with Gasteiger partial charge in [-0.15, -0.1) is 0 Å². The molecule has 2 aliphatic rings. The van der Waals surface area contributed by atoms with E-state index in [2.05, 4.69) is 10.3 Å². The number of alkyl halides is 2. The first-order chi connectivity index (χ1) is 19.9. The minimum absolute atomic E-state index is 0.0323. The zero-order chi connectivity index (χ0) is 32.1. The number of pyridine rings is 1. The summed E-state index contributed by atoms with van der Waals surface area (Å²) in [4.78, 5) is 28.1. The van der Waals surface area contributed by atoms with Crippen LogP contribution >= 0.6 is 10.2 Å². The summed E-state index contributed by atoms with van der Waals surface area (Å²) in [5.74, 6) is -3.33. The highest BCUT2D eigenvalue weighted by molar-refractivity contribution is 8.45. The van der Waals surface area contributed by atoms with Crippen LogP contribution in [0.5, 0.6) is 0 Å². The van der Waals surface area contributed by atoms with E-state index in [0.29, 0.717) is 18.5 Å². The molecule has 1 N–H and O–H groups in total. The standard InChI is InChI=1S/C20H22F7N3OS.C7H10N2O2/c1-30(16-4-6-17(7-5-16)32(23,24,25,26)27)18(14-3-2-12-28-13-14)19(31)29-15-8-10-20(21,22)11-9-15;1-11-7-2-6(4-10)9(3-7)5-8/h2-7,12-13,15,18H,8-11H2,1H3,(H,29,31);4,6-7H,2-3H2,1H3. The third kappa shape index (κ3) is 9.20. The number of nitrogens with one attached hydrogen (secondary N) is 1. The van der Waals surface area contributed by atoms with E-state index in [1.54, 1.807) is 19.2 Å². The van der Waals surface area contributed by atoms with Crippen molar-refractivity contribution in [3.63, 3.8) is 0 Å².